The van der Waals surface area contributed by atoms with Crippen LogP contribution in [0.15, 0.2) is 24.3 Å². The maximum atomic E-state index is 12.3. The Hall–Kier alpha value is -2.08. The molecule has 1 aromatic rings. The average Bonchev–Trinajstić information content (AvgIpc) is 2.50. The molecule has 2 amide bonds. The summed E-state index contributed by atoms with van der Waals surface area (Å²) in [5, 5.41) is 12.1. The van der Waals surface area contributed by atoms with Crippen molar-refractivity contribution in [1.29, 1.82) is 0 Å². The molecule has 0 fully saturated rings. The minimum atomic E-state index is -0.851. The highest BCUT2D eigenvalue weighted by molar-refractivity contribution is 5.95. The van der Waals surface area contributed by atoms with Crippen molar-refractivity contribution in [2.45, 2.75) is 25.4 Å². The Bertz CT molecular complexity index is 532. The van der Waals surface area contributed by atoms with Crippen molar-refractivity contribution in [1.82, 2.24) is 5.32 Å². The van der Waals surface area contributed by atoms with Crippen LogP contribution in [0.25, 0.3) is 0 Å². The zero-order chi connectivity index (χ0) is 15.4. The van der Waals surface area contributed by atoms with E-state index in [2.05, 4.69) is 5.32 Å². The van der Waals surface area contributed by atoms with Crippen LogP contribution in [-0.4, -0.2) is 43.4 Å². The van der Waals surface area contributed by atoms with Crippen LogP contribution in [0.1, 0.15) is 24.8 Å². The molecule has 0 spiro atoms. The summed E-state index contributed by atoms with van der Waals surface area (Å²) in [4.78, 5) is 25.2. The van der Waals surface area contributed by atoms with Gasteiger partial charge in [0.05, 0.1) is 12.0 Å². The molecule has 0 saturated heterocycles. The van der Waals surface area contributed by atoms with E-state index in [1.165, 1.54) is 0 Å². The number of ether oxygens (including phenoxy) is 1. The first-order valence-electron chi connectivity index (χ1n) is 6.94. The third kappa shape index (κ3) is 3.33. The maximum Gasteiger partial charge on any atom is 0.321 e. The maximum absolute atomic E-state index is 12.3. The van der Waals surface area contributed by atoms with E-state index < -0.39 is 11.9 Å². The van der Waals surface area contributed by atoms with Gasteiger partial charge in [0.25, 0.3) is 0 Å². The summed E-state index contributed by atoms with van der Waals surface area (Å²) >= 11 is 0. The molecule has 1 aliphatic heterocycles. The summed E-state index contributed by atoms with van der Waals surface area (Å²) in [6.45, 7) is 2.67. The van der Waals surface area contributed by atoms with Gasteiger partial charge < -0.3 is 15.2 Å². The molecule has 0 aliphatic carbocycles. The van der Waals surface area contributed by atoms with Gasteiger partial charge in [0, 0.05) is 25.9 Å². The van der Waals surface area contributed by atoms with E-state index in [9.17, 15) is 14.7 Å². The van der Waals surface area contributed by atoms with Gasteiger partial charge in [0.1, 0.15) is 0 Å². The normalized spacial score (nSPS) is 18.8. The third-order valence-electron chi connectivity index (χ3n) is 3.73. The lowest BCUT2D eigenvalue weighted by Crippen LogP contribution is -2.46. The summed E-state index contributed by atoms with van der Waals surface area (Å²) in [7, 11) is 1.59. The van der Waals surface area contributed by atoms with Crippen molar-refractivity contribution in [2.24, 2.45) is 0 Å². The van der Waals surface area contributed by atoms with E-state index in [4.69, 9.17) is 4.74 Å². The number of carbonyl (C=O) groups excluding carboxylic acids is 1. The van der Waals surface area contributed by atoms with Gasteiger partial charge in [-0.1, -0.05) is 18.2 Å². The fraction of sp³-hybridized carbons (Fsp3) is 0.467. The summed E-state index contributed by atoms with van der Waals surface area (Å²) in [5.41, 5.74) is 1.35. The summed E-state index contributed by atoms with van der Waals surface area (Å²) < 4.78 is 5.09. The van der Waals surface area contributed by atoms with Gasteiger partial charge in [0.15, 0.2) is 0 Å². The Balaban J connectivity index is 2.17. The molecule has 0 bridgehead atoms. The van der Waals surface area contributed by atoms with Gasteiger partial charge >= 0.3 is 12.0 Å². The number of urea groups is 1. The highest BCUT2D eigenvalue weighted by Gasteiger charge is 2.32. The van der Waals surface area contributed by atoms with Crippen molar-refractivity contribution in [3.8, 4) is 0 Å². The Morgan fingerprint density at radius 1 is 1.48 bits per heavy atom. The molecular weight excluding hydrogens is 272 g/mol. The Labute approximate surface area is 123 Å². The summed E-state index contributed by atoms with van der Waals surface area (Å²) in [6, 6.07) is 6.93. The number of hydrogen-bond acceptors (Lipinski definition) is 3. The molecule has 0 aromatic heterocycles. The number of anilines is 1. The number of methoxy groups -OCH3 is 1. The van der Waals surface area contributed by atoms with Crippen LogP contribution in [0, 0.1) is 0 Å². The van der Waals surface area contributed by atoms with Gasteiger partial charge in [-0.05, 0) is 25.0 Å². The number of fused-ring (bicyclic) bond motifs is 1. The first-order chi connectivity index (χ1) is 10.0. The molecule has 2 N–H and O–H groups in total. The Morgan fingerprint density at radius 3 is 2.86 bits per heavy atom. The van der Waals surface area contributed by atoms with Crippen molar-refractivity contribution < 1.29 is 19.4 Å². The number of carboxylic acid groups (broad SMARTS) is 1. The largest absolute Gasteiger partial charge is 0.481 e. The lowest BCUT2D eigenvalue weighted by atomic mass is 9.90. The summed E-state index contributed by atoms with van der Waals surface area (Å²) in [5.74, 6) is -1.40. The molecule has 21 heavy (non-hydrogen) atoms. The lowest BCUT2D eigenvalue weighted by Gasteiger charge is -2.32. The van der Waals surface area contributed by atoms with Gasteiger partial charge in [-0.3, -0.25) is 9.69 Å². The number of hydrogen-bond donors (Lipinski definition) is 2. The van der Waals surface area contributed by atoms with Crippen LogP contribution in [0.5, 0.6) is 0 Å². The highest BCUT2D eigenvalue weighted by atomic mass is 16.5. The summed E-state index contributed by atoms with van der Waals surface area (Å²) in [6.07, 6.45) is 0.348. The SMILES string of the molecule is COC(C)CNC(=O)N1CCC(C(=O)O)c2ccccc21. The van der Waals surface area contributed by atoms with Crippen LogP contribution < -0.4 is 10.2 Å². The van der Waals surface area contributed by atoms with Crippen LogP contribution in [0.4, 0.5) is 10.5 Å². The minimum Gasteiger partial charge on any atom is -0.481 e. The molecular formula is C15H20N2O4. The molecule has 0 saturated carbocycles. The highest BCUT2D eigenvalue weighted by Crippen LogP contribution is 2.35. The van der Waals surface area contributed by atoms with Crippen molar-refractivity contribution >= 4 is 17.7 Å². The topological polar surface area (TPSA) is 78.9 Å². The first kappa shape index (κ1) is 15.3. The van der Waals surface area contributed by atoms with Gasteiger partial charge in [-0.25, -0.2) is 4.79 Å². The molecule has 2 atom stereocenters. The number of rotatable bonds is 4. The number of benzene rings is 1. The standard InChI is InChI=1S/C15H20N2O4/c1-10(21-2)9-16-15(20)17-8-7-12(14(18)19)11-5-3-4-6-13(11)17/h3-6,10,12H,7-9H2,1-2H3,(H,16,20)(H,18,19). The molecule has 6 nitrogen and oxygen atoms in total. The number of amides is 2. The molecule has 1 aliphatic rings. The predicted molar refractivity (Wildman–Crippen MR) is 78.7 cm³/mol. The molecule has 114 valence electrons. The zero-order valence-corrected chi connectivity index (χ0v) is 12.2. The predicted octanol–water partition coefficient (Wildman–Crippen LogP) is 1.81. The van der Waals surface area contributed by atoms with Gasteiger partial charge in [0.2, 0.25) is 0 Å². The number of aliphatic carboxylic acids is 1. The molecule has 6 heteroatoms. The van der Waals surface area contributed by atoms with Crippen molar-refractivity contribution in [2.75, 3.05) is 25.1 Å². The van der Waals surface area contributed by atoms with E-state index in [1.54, 1.807) is 36.3 Å². The molecule has 2 rings (SSSR count). The van der Waals surface area contributed by atoms with E-state index in [0.717, 1.165) is 0 Å². The quantitative estimate of drug-likeness (QED) is 0.887. The van der Waals surface area contributed by atoms with E-state index in [0.29, 0.717) is 30.8 Å². The zero-order valence-electron chi connectivity index (χ0n) is 12.2. The smallest absolute Gasteiger partial charge is 0.321 e. The number of nitrogens with one attached hydrogen (secondary N) is 1. The van der Waals surface area contributed by atoms with Crippen LogP contribution >= 0.6 is 0 Å². The minimum absolute atomic E-state index is 0.0687. The van der Waals surface area contributed by atoms with E-state index in [1.807, 2.05) is 6.92 Å². The average molecular weight is 292 g/mol. The Morgan fingerprint density at radius 2 is 2.19 bits per heavy atom. The number of carboxylic acids is 1. The molecule has 0 radical (unpaired) electrons. The first-order valence-corrected chi connectivity index (χ1v) is 6.94. The van der Waals surface area contributed by atoms with Crippen LogP contribution in [0.2, 0.25) is 0 Å². The van der Waals surface area contributed by atoms with Crippen LogP contribution in [0.3, 0.4) is 0 Å². The monoisotopic (exact) mass is 292 g/mol. The number of para-hydroxylation sites is 1. The second-order valence-electron chi connectivity index (χ2n) is 5.12. The van der Waals surface area contributed by atoms with Gasteiger partial charge in [-0.2, -0.15) is 0 Å². The number of nitrogens with zero attached hydrogens (tertiary/aromatic N) is 1. The van der Waals surface area contributed by atoms with Crippen molar-refractivity contribution in [3.63, 3.8) is 0 Å². The molecule has 1 heterocycles. The van der Waals surface area contributed by atoms with Crippen LogP contribution in [-0.2, 0) is 9.53 Å². The van der Waals surface area contributed by atoms with E-state index >= 15 is 0 Å². The number of carbonyl (C=O) groups is 2. The van der Waals surface area contributed by atoms with Gasteiger partial charge in [-0.15, -0.1) is 0 Å². The fourth-order valence-corrected chi connectivity index (χ4v) is 2.44. The molecule has 2 unspecified atom stereocenters. The van der Waals surface area contributed by atoms with E-state index in [-0.39, 0.29) is 12.1 Å². The Kier molecular flexibility index (Phi) is 4.80. The van der Waals surface area contributed by atoms with Crippen molar-refractivity contribution in [3.05, 3.63) is 29.8 Å². The second kappa shape index (κ2) is 6.58. The fourth-order valence-electron chi connectivity index (χ4n) is 2.44. The lowest BCUT2D eigenvalue weighted by molar-refractivity contribution is -0.139. The molecule has 1 aromatic carbocycles. The second-order valence-corrected chi connectivity index (χ2v) is 5.12. The third-order valence-corrected chi connectivity index (χ3v) is 3.73.